The van der Waals surface area contributed by atoms with Crippen molar-refractivity contribution in [1.29, 1.82) is 0 Å². The summed E-state index contributed by atoms with van der Waals surface area (Å²) in [6.07, 6.45) is 6.31. The van der Waals surface area contributed by atoms with Gasteiger partial charge in [-0.25, -0.2) is 0 Å². The summed E-state index contributed by atoms with van der Waals surface area (Å²) in [5, 5.41) is 0. The van der Waals surface area contributed by atoms with Gasteiger partial charge in [0, 0.05) is 18.2 Å². The van der Waals surface area contributed by atoms with E-state index in [2.05, 4.69) is 11.9 Å². The first-order valence-corrected chi connectivity index (χ1v) is 3.61. The zero-order chi connectivity index (χ0) is 7.68. The Labute approximate surface area is 65.5 Å². The van der Waals surface area contributed by atoms with Gasteiger partial charge in [0.25, 0.3) is 0 Å². The van der Waals surface area contributed by atoms with E-state index in [4.69, 9.17) is 4.74 Å². The Hall–Kier alpha value is -1.31. The average Bonchev–Trinajstić information content (AvgIpc) is 2.04. The highest BCUT2D eigenvalue weighted by molar-refractivity contribution is 5.36. The molecule has 2 nitrogen and oxygen atoms in total. The molecule has 0 bridgehead atoms. The number of hydrogen-bond acceptors (Lipinski definition) is 2. The molecule has 0 aromatic carbocycles. The van der Waals surface area contributed by atoms with Crippen LogP contribution in [0.4, 0.5) is 0 Å². The maximum Gasteiger partial charge on any atom is 0.148 e. The monoisotopic (exact) mass is 147 g/mol. The van der Waals surface area contributed by atoms with Crippen molar-refractivity contribution in [3.63, 3.8) is 0 Å². The van der Waals surface area contributed by atoms with Crippen LogP contribution in [0.1, 0.15) is 12.5 Å². The van der Waals surface area contributed by atoms with E-state index in [9.17, 15) is 0 Å². The van der Waals surface area contributed by atoms with Gasteiger partial charge in [-0.2, -0.15) is 0 Å². The van der Waals surface area contributed by atoms with Gasteiger partial charge in [-0.15, -0.1) is 0 Å². The van der Waals surface area contributed by atoms with Crippen LogP contribution < -0.4 is 4.74 Å². The summed E-state index contributed by atoms with van der Waals surface area (Å²) in [5.74, 6) is 0.887. The molecule has 56 valence electrons. The highest BCUT2D eigenvalue weighted by Crippen LogP contribution is 2.24. The van der Waals surface area contributed by atoms with Crippen molar-refractivity contribution in [3.8, 4) is 5.75 Å². The smallest absolute Gasteiger partial charge is 0.148 e. The van der Waals surface area contributed by atoms with E-state index >= 15 is 0 Å². The molecule has 0 amide bonds. The van der Waals surface area contributed by atoms with Gasteiger partial charge in [0.05, 0.1) is 12.5 Å². The third kappa shape index (κ3) is 1.11. The van der Waals surface area contributed by atoms with Crippen LogP contribution >= 0.6 is 0 Å². The predicted octanol–water partition coefficient (Wildman–Crippen LogP) is 1.92. The summed E-state index contributed by atoms with van der Waals surface area (Å²) < 4.78 is 5.31. The Morgan fingerprint density at radius 3 is 3.36 bits per heavy atom. The lowest BCUT2D eigenvalue weighted by molar-refractivity contribution is 0.454. The van der Waals surface area contributed by atoms with Crippen LogP contribution in [0, 0.1) is 0 Å². The normalized spacial score (nSPS) is 14.8. The molecule has 1 aliphatic rings. The lowest BCUT2D eigenvalue weighted by Gasteiger charge is -2.13. The average molecular weight is 147 g/mol. The Balaban J connectivity index is 2.42. The lowest BCUT2D eigenvalue weighted by Crippen LogP contribution is -2.00. The molecule has 1 aliphatic heterocycles. The van der Waals surface area contributed by atoms with Crippen molar-refractivity contribution in [1.82, 2.24) is 4.98 Å². The van der Waals surface area contributed by atoms with E-state index < -0.39 is 0 Å². The van der Waals surface area contributed by atoms with Crippen LogP contribution in [-0.2, 0) is 6.42 Å². The molecule has 11 heavy (non-hydrogen) atoms. The van der Waals surface area contributed by atoms with E-state index in [1.165, 1.54) is 11.1 Å². The number of fused-ring (bicyclic) bond motifs is 1. The molecule has 2 heteroatoms. The van der Waals surface area contributed by atoms with Gasteiger partial charge < -0.3 is 4.74 Å². The second kappa shape index (κ2) is 2.38. The molecule has 0 saturated carbocycles. The third-order valence-corrected chi connectivity index (χ3v) is 1.73. The van der Waals surface area contributed by atoms with Gasteiger partial charge in [-0.3, -0.25) is 4.98 Å². The molecule has 0 aliphatic carbocycles. The van der Waals surface area contributed by atoms with Crippen molar-refractivity contribution in [2.24, 2.45) is 0 Å². The maximum atomic E-state index is 5.31. The summed E-state index contributed by atoms with van der Waals surface area (Å²) in [6.45, 7) is 2.06. The zero-order valence-electron chi connectivity index (χ0n) is 6.37. The van der Waals surface area contributed by atoms with E-state index in [1.54, 1.807) is 18.7 Å². The number of rotatable bonds is 0. The number of allylic oxidation sites excluding steroid dienone is 1. The van der Waals surface area contributed by atoms with Crippen molar-refractivity contribution >= 4 is 0 Å². The van der Waals surface area contributed by atoms with E-state index in [0.29, 0.717) is 0 Å². The van der Waals surface area contributed by atoms with E-state index in [0.717, 1.165) is 12.2 Å². The van der Waals surface area contributed by atoms with Gasteiger partial charge in [-0.1, -0.05) is 0 Å². The topological polar surface area (TPSA) is 22.1 Å². The van der Waals surface area contributed by atoms with Crippen molar-refractivity contribution in [2.75, 3.05) is 0 Å². The van der Waals surface area contributed by atoms with Crippen LogP contribution in [-0.4, -0.2) is 4.98 Å². The fraction of sp³-hybridized carbons (Fsp3) is 0.222. The molecule has 0 fully saturated rings. The lowest BCUT2D eigenvalue weighted by atomic mass is 10.1. The fourth-order valence-electron chi connectivity index (χ4n) is 1.17. The van der Waals surface area contributed by atoms with Crippen LogP contribution in [0.25, 0.3) is 0 Å². The number of ether oxygens (including phenoxy) is 1. The molecule has 1 aromatic heterocycles. The number of pyridine rings is 1. The minimum absolute atomic E-state index is 0.887. The molecule has 2 heterocycles. The molecule has 1 aromatic rings. The first-order valence-electron chi connectivity index (χ1n) is 3.61. The SMILES string of the molecule is CC1=COc2cnccc2C1. The van der Waals surface area contributed by atoms with Crippen LogP contribution in [0.15, 0.2) is 30.3 Å². The first kappa shape index (κ1) is 6.40. The van der Waals surface area contributed by atoms with Gasteiger partial charge >= 0.3 is 0 Å². The second-order valence-corrected chi connectivity index (χ2v) is 2.74. The maximum absolute atomic E-state index is 5.31. The summed E-state index contributed by atoms with van der Waals surface area (Å²) in [7, 11) is 0. The van der Waals surface area contributed by atoms with Gasteiger partial charge in [0.1, 0.15) is 5.75 Å². The number of nitrogens with zero attached hydrogens (tertiary/aromatic N) is 1. The zero-order valence-corrected chi connectivity index (χ0v) is 6.37. The summed E-state index contributed by atoms with van der Waals surface area (Å²) in [5.41, 5.74) is 2.48. The highest BCUT2D eigenvalue weighted by Gasteiger charge is 2.08. The Morgan fingerprint density at radius 2 is 2.45 bits per heavy atom. The van der Waals surface area contributed by atoms with Gasteiger partial charge in [0.2, 0.25) is 0 Å². The minimum Gasteiger partial charge on any atom is -0.463 e. The fourth-order valence-corrected chi connectivity index (χ4v) is 1.17. The minimum atomic E-state index is 0.887. The quantitative estimate of drug-likeness (QED) is 0.559. The predicted molar refractivity (Wildman–Crippen MR) is 42.3 cm³/mol. The van der Waals surface area contributed by atoms with Crippen LogP contribution in [0.3, 0.4) is 0 Å². The molecule has 0 radical (unpaired) electrons. The Kier molecular flexibility index (Phi) is 1.39. The molecule has 0 saturated heterocycles. The van der Waals surface area contributed by atoms with Crippen LogP contribution in [0.5, 0.6) is 5.75 Å². The molecule has 0 unspecified atom stereocenters. The van der Waals surface area contributed by atoms with Crippen molar-refractivity contribution in [3.05, 3.63) is 35.9 Å². The van der Waals surface area contributed by atoms with Crippen molar-refractivity contribution in [2.45, 2.75) is 13.3 Å². The van der Waals surface area contributed by atoms with Crippen molar-refractivity contribution < 1.29 is 4.74 Å². The molecule has 0 atom stereocenters. The number of hydrogen-bond donors (Lipinski definition) is 0. The number of aromatic nitrogens is 1. The first-order chi connectivity index (χ1) is 5.36. The second-order valence-electron chi connectivity index (χ2n) is 2.74. The van der Waals surface area contributed by atoms with Gasteiger partial charge in [-0.05, 0) is 18.6 Å². The molecule has 0 spiro atoms. The summed E-state index contributed by atoms with van der Waals surface area (Å²) in [4.78, 5) is 3.97. The van der Waals surface area contributed by atoms with E-state index in [1.807, 2.05) is 6.07 Å². The Bertz CT molecular complexity index is 304. The largest absolute Gasteiger partial charge is 0.463 e. The Morgan fingerprint density at radius 1 is 1.55 bits per heavy atom. The summed E-state index contributed by atoms with van der Waals surface area (Å²) >= 11 is 0. The summed E-state index contributed by atoms with van der Waals surface area (Å²) in [6, 6.07) is 1.99. The third-order valence-electron chi connectivity index (χ3n) is 1.73. The highest BCUT2D eigenvalue weighted by atomic mass is 16.5. The molecule has 2 rings (SSSR count). The molecule has 0 N–H and O–H groups in total. The van der Waals surface area contributed by atoms with E-state index in [-0.39, 0.29) is 0 Å². The molecular weight excluding hydrogens is 138 g/mol. The van der Waals surface area contributed by atoms with Gasteiger partial charge in [0.15, 0.2) is 0 Å². The standard InChI is InChI=1S/C9H9NO/c1-7-4-8-2-3-10-5-9(8)11-6-7/h2-3,5-6H,4H2,1H3. The van der Waals surface area contributed by atoms with Crippen LogP contribution in [0.2, 0.25) is 0 Å². The molecular formula is C9H9NO.